The first-order chi connectivity index (χ1) is 5.65. The van der Waals surface area contributed by atoms with Crippen LogP contribution in [0.1, 0.15) is 10.4 Å². The van der Waals surface area contributed by atoms with Crippen molar-refractivity contribution in [2.24, 2.45) is 5.84 Å². The van der Waals surface area contributed by atoms with E-state index in [2.05, 4.69) is 5.43 Å². The number of hydrogen-bond acceptors (Lipinski definition) is 3. The molecule has 13 heavy (non-hydrogen) atoms. The molecule has 1 aromatic carbocycles. The van der Waals surface area contributed by atoms with Gasteiger partial charge in [-0.25, -0.2) is 4.79 Å². The second-order valence-electron chi connectivity index (χ2n) is 2.14. The summed E-state index contributed by atoms with van der Waals surface area (Å²) in [5.74, 6) is 4.04. The third-order valence-electron chi connectivity index (χ3n) is 1.37. The summed E-state index contributed by atoms with van der Waals surface area (Å²) in [6, 6.07) is 4.33. The van der Waals surface area contributed by atoms with Gasteiger partial charge in [0.2, 0.25) is 0 Å². The summed E-state index contributed by atoms with van der Waals surface area (Å²) < 4.78 is 0. The molecule has 0 amide bonds. The lowest BCUT2D eigenvalue weighted by Gasteiger charge is -2.04. The number of benzene rings is 1. The number of hydrazine groups is 1. The highest BCUT2D eigenvalue weighted by Crippen LogP contribution is 2.19. The molecule has 1 rings (SSSR count). The number of aromatic carboxylic acids is 1. The van der Waals surface area contributed by atoms with Gasteiger partial charge in [-0.05, 0) is 18.2 Å². The van der Waals surface area contributed by atoms with Crippen LogP contribution < -0.4 is 11.3 Å². The predicted octanol–water partition coefficient (Wildman–Crippen LogP) is 1.75. The quantitative estimate of drug-likeness (QED) is 0.527. The van der Waals surface area contributed by atoms with E-state index in [1.54, 1.807) is 0 Å². The highest BCUT2D eigenvalue weighted by Gasteiger charge is 2.08. The van der Waals surface area contributed by atoms with Crippen molar-refractivity contribution in [1.29, 1.82) is 0 Å². The maximum Gasteiger partial charge on any atom is 0.337 e. The number of nitrogen functional groups attached to an aromatic ring is 1. The summed E-state index contributed by atoms with van der Waals surface area (Å²) in [6.45, 7) is 0. The summed E-state index contributed by atoms with van der Waals surface area (Å²) in [5, 5.41) is 9.09. The zero-order chi connectivity index (χ0) is 9.14. The second-order valence-corrected chi connectivity index (χ2v) is 2.58. The Bertz CT molecular complexity index is 317. The average Bonchev–Trinajstić information content (AvgIpc) is 2.03. The summed E-state index contributed by atoms with van der Waals surface area (Å²) >= 11 is 5.61. The number of nitrogens with two attached hydrogens (primary N) is 1. The Labute approximate surface area is 86.1 Å². The molecule has 0 aliphatic heterocycles. The van der Waals surface area contributed by atoms with Crippen LogP contribution >= 0.6 is 24.0 Å². The zero-order valence-electron chi connectivity index (χ0n) is 6.45. The molecule has 0 spiro atoms. The van der Waals surface area contributed by atoms with Crippen molar-refractivity contribution in [2.75, 3.05) is 5.43 Å². The van der Waals surface area contributed by atoms with Crippen molar-refractivity contribution >= 4 is 35.7 Å². The van der Waals surface area contributed by atoms with E-state index in [4.69, 9.17) is 22.6 Å². The van der Waals surface area contributed by atoms with Gasteiger partial charge in [-0.2, -0.15) is 0 Å². The fraction of sp³-hybridized carbons (Fsp3) is 0. The summed E-state index contributed by atoms with van der Waals surface area (Å²) in [4.78, 5) is 10.6. The van der Waals surface area contributed by atoms with Crippen molar-refractivity contribution in [3.05, 3.63) is 28.8 Å². The van der Waals surface area contributed by atoms with Gasteiger partial charge in [0.1, 0.15) is 0 Å². The molecule has 72 valence electrons. The SMILES string of the molecule is Cl.NNc1cc(Cl)ccc1C(=O)O. The maximum atomic E-state index is 10.6. The molecule has 0 saturated carbocycles. The molecule has 0 saturated heterocycles. The van der Waals surface area contributed by atoms with E-state index in [-0.39, 0.29) is 18.0 Å². The molecule has 0 aliphatic rings. The summed E-state index contributed by atoms with van der Waals surface area (Å²) in [6.07, 6.45) is 0. The van der Waals surface area contributed by atoms with E-state index < -0.39 is 5.97 Å². The van der Waals surface area contributed by atoms with E-state index in [9.17, 15) is 4.79 Å². The van der Waals surface area contributed by atoms with E-state index in [1.165, 1.54) is 18.2 Å². The van der Waals surface area contributed by atoms with E-state index in [0.29, 0.717) is 10.7 Å². The van der Waals surface area contributed by atoms with Crippen molar-refractivity contribution in [2.45, 2.75) is 0 Å². The van der Waals surface area contributed by atoms with E-state index in [0.717, 1.165) is 0 Å². The highest BCUT2D eigenvalue weighted by atomic mass is 35.5. The largest absolute Gasteiger partial charge is 0.478 e. The summed E-state index contributed by atoms with van der Waals surface area (Å²) in [5.41, 5.74) is 2.65. The monoisotopic (exact) mass is 222 g/mol. The minimum Gasteiger partial charge on any atom is -0.478 e. The minimum absolute atomic E-state index is 0. The molecule has 0 unspecified atom stereocenters. The molecule has 0 fully saturated rings. The average molecular weight is 223 g/mol. The predicted molar refractivity (Wildman–Crippen MR) is 53.5 cm³/mol. The third kappa shape index (κ3) is 2.77. The Kier molecular flexibility index (Phi) is 4.55. The van der Waals surface area contributed by atoms with Crippen molar-refractivity contribution in [3.63, 3.8) is 0 Å². The number of hydrogen-bond donors (Lipinski definition) is 3. The van der Waals surface area contributed by atoms with Crippen LogP contribution in [-0.4, -0.2) is 11.1 Å². The number of carbonyl (C=O) groups is 1. The molecule has 0 aliphatic carbocycles. The van der Waals surface area contributed by atoms with Gasteiger partial charge in [0.05, 0.1) is 11.3 Å². The van der Waals surface area contributed by atoms with Crippen LogP contribution in [0.5, 0.6) is 0 Å². The number of rotatable bonds is 2. The van der Waals surface area contributed by atoms with Gasteiger partial charge in [0.25, 0.3) is 0 Å². The van der Waals surface area contributed by atoms with Gasteiger partial charge in [0.15, 0.2) is 0 Å². The lowest BCUT2D eigenvalue weighted by molar-refractivity contribution is 0.0698. The molecule has 0 heterocycles. The van der Waals surface area contributed by atoms with Crippen molar-refractivity contribution < 1.29 is 9.90 Å². The molecule has 0 aromatic heterocycles. The second kappa shape index (κ2) is 4.91. The molecular weight excluding hydrogens is 215 g/mol. The molecule has 0 radical (unpaired) electrons. The summed E-state index contributed by atoms with van der Waals surface area (Å²) in [7, 11) is 0. The van der Waals surface area contributed by atoms with Gasteiger partial charge < -0.3 is 10.5 Å². The topological polar surface area (TPSA) is 75.3 Å². The standard InChI is InChI=1S/C7H7ClN2O2.ClH/c8-4-1-2-5(7(11)12)6(3-4)10-9;/h1-3,10H,9H2,(H,11,12);1H. The van der Waals surface area contributed by atoms with Crippen LogP contribution in [0, 0.1) is 0 Å². The smallest absolute Gasteiger partial charge is 0.337 e. The first kappa shape index (κ1) is 12.0. The first-order valence-electron chi connectivity index (χ1n) is 3.14. The number of carboxylic acid groups (broad SMARTS) is 1. The van der Waals surface area contributed by atoms with Gasteiger partial charge in [0, 0.05) is 5.02 Å². The van der Waals surface area contributed by atoms with Crippen LogP contribution in [0.2, 0.25) is 5.02 Å². The number of anilines is 1. The normalized spacial score (nSPS) is 8.77. The molecule has 0 atom stereocenters. The molecule has 4 nitrogen and oxygen atoms in total. The lowest BCUT2D eigenvalue weighted by Crippen LogP contribution is -2.11. The molecule has 1 aromatic rings. The Hall–Kier alpha value is -0.970. The number of halogens is 2. The van der Waals surface area contributed by atoms with Gasteiger partial charge in [-0.1, -0.05) is 11.6 Å². The minimum atomic E-state index is -1.04. The van der Waals surface area contributed by atoms with Crippen LogP contribution in [0.4, 0.5) is 5.69 Å². The number of carboxylic acids is 1. The Morgan fingerprint density at radius 2 is 2.15 bits per heavy atom. The Morgan fingerprint density at radius 1 is 1.54 bits per heavy atom. The van der Waals surface area contributed by atoms with Crippen LogP contribution in [-0.2, 0) is 0 Å². The highest BCUT2D eigenvalue weighted by molar-refractivity contribution is 6.31. The Balaban J connectivity index is 0.00000144. The first-order valence-corrected chi connectivity index (χ1v) is 3.52. The fourth-order valence-electron chi connectivity index (χ4n) is 0.822. The molecule has 6 heteroatoms. The van der Waals surface area contributed by atoms with Crippen molar-refractivity contribution in [3.8, 4) is 0 Å². The van der Waals surface area contributed by atoms with Crippen LogP contribution in [0.15, 0.2) is 18.2 Å². The number of nitrogens with one attached hydrogen (secondary N) is 1. The van der Waals surface area contributed by atoms with Crippen LogP contribution in [0.3, 0.4) is 0 Å². The molecule has 4 N–H and O–H groups in total. The fourth-order valence-corrected chi connectivity index (χ4v) is 0.994. The van der Waals surface area contributed by atoms with Gasteiger partial charge in [-0.3, -0.25) is 5.84 Å². The third-order valence-corrected chi connectivity index (χ3v) is 1.60. The molecular formula is C7H8Cl2N2O2. The van der Waals surface area contributed by atoms with Gasteiger partial charge >= 0.3 is 5.97 Å². The van der Waals surface area contributed by atoms with E-state index >= 15 is 0 Å². The van der Waals surface area contributed by atoms with Crippen molar-refractivity contribution in [1.82, 2.24) is 0 Å². The Morgan fingerprint density at radius 3 is 2.62 bits per heavy atom. The lowest BCUT2D eigenvalue weighted by atomic mass is 10.2. The maximum absolute atomic E-state index is 10.6. The van der Waals surface area contributed by atoms with E-state index in [1.807, 2.05) is 0 Å². The van der Waals surface area contributed by atoms with Crippen LogP contribution in [0.25, 0.3) is 0 Å². The van der Waals surface area contributed by atoms with Gasteiger partial charge in [-0.15, -0.1) is 12.4 Å². The zero-order valence-corrected chi connectivity index (χ0v) is 8.02. The molecule has 0 bridgehead atoms.